The predicted octanol–water partition coefficient (Wildman–Crippen LogP) is 4.07. The van der Waals surface area contributed by atoms with E-state index in [0.717, 1.165) is 31.5 Å². The monoisotopic (exact) mass is 414 g/mol. The van der Waals surface area contributed by atoms with E-state index in [9.17, 15) is 14.0 Å². The zero-order valence-electron chi connectivity index (χ0n) is 15.1. The van der Waals surface area contributed by atoms with Gasteiger partial charge in [0, 0.05) is 32.5 Å². The first-order chi connectivity index (χ1) is 12.0. The Morgan fingerprint density at radius 1 is 1.16 bits per heavy atom. The average molecular weight is 415 g/mol. The van der Waals surface area contributed by atoms with Crippen molar-refractivity contribution in [2.45, 2.75) is 52.4 Å². The number of amides is 2. The number of carbonyl (C=O) groups is 2. The number of hydrogen-bond acceptors (Lipinski definition) is 2. The molecule has 0 bridgehead atoms. The molecule has 0 aliphatic heterocycles. The Labute approximate surface area is 158 Å². The lowest BCUT2D eigenvalue weighted by molar-refractivity contribution is -0.131. The van der Waals surface area contributed by atoms with E-state index in [2.05, 4.69) is 35.1 Å². The number of nitrogens with zero attached hydrogens (tertiary/aromatic N) is 1. The first-order valence-electron chi connectivity index (χ1n) is 8.96. The van der Waals surface area contributed by atoms with Crippen LogP contribution in [0.2, 0.25) is 0 Å². The molecule has 1 N–H and O–H groups in total. The van der Waals surface area contributed by atoms with Crippen molar-refractivity contribution in [3.05, 3.63) is 34.1 Å². The highest BCUT2D eigenvalue weighted by Gasteiger charge is 2.12. The van der Waals surface area contributed by atoms with Crippen LogP contribution in [0, 0.1) is 5.82 Å². The van der Waals surface area contributed by atoms with Crippen molar-refractivity contribution in [2.75, 3.05) is 19.6 Å². The molecular formula is C19H28BrFN2O2. The third-order valence-electron chi connectivity index (χ3n) is 3.85. The lowest BCUT2D eigenvalue weighted by atomic mass is 10.1. The van der Waals surface area contributed by atoms with Crippen LogP contribution in [-0.4, -0.2) is 36.3 Å². The summed E-state index contributed by atoms with van der Waals surface area (Å²) in [5, 5.41) is 2.85. The Balaban J connectivity index is 2.23. The second-order valence-electron chi connectivity index (χ2n) is 6.08. The van der Waals surface area contributed by atoms with Gasteiger partial charge in [-0.15, -0.1) is 0 Å². The van der Waals surface area contributed by atoms with Crippen molar-refractivity contribution >= 4 is 27.7 Å². The van der Waals surface area contributed by atoms with Crippen molar-refractivity contribution in [2.24, 2.45) is 0 Å². The number of nitrogens with one attached hydrogen (secondary N) is 1. The van der Waals surface area contributed by atoms with Crippen LogP contribution in [0.3, 0.4) is 0 Å². The molecular weight excluding hydrogens is 387 g/mol. The molecule has 0 aromatic heterocycles. The van der Waals surface area contributed by atoms with E-state index in [1.807, 2.05) is 4.90 Å². The Hall–Kier alpha value is -1.43. The van der Waals surface area contributed by atoms with Gasteiger partial charge in [0.1, 0.15) is 5.82 Å². The molecule has 0 saturated carbocycles. The summed E-state index contributed by atoms with van der Waals surface area (Å²) in [6.07, 6.45) is 3.88. The third-order valence-corrected chi connectivity index (χ3v) is 4.46. The van der Waals surface area contributed by atoms with Crippen LogP contribution < -0.4 is 5.32 Å². The van der Waals surface area contributed by atoms with Gasteiger partial charge in [-0.25, -0.2) is 4.39 Å². The fraction of sp³-hybridized carbons (Fsp3) is 0.579. The van der Waals surface area contributed by atoms with Gasteiger partial charge in [0.25, 0.3) is 0 Å². The highest BCUT2D eigenvalue weighted by Crippen LogP contribution is 2.16. The Morgan fingerprint density at radius 2 is 1.84 bits per heavy atom. The Kier molecular flexibility index (Phi) is 10.4. The maximum Gasteiger partial charge on any atom is 0.222 e. The van der Waals surface area contributed by atoms with E-state index in [1.165, 1.54) is 6.07 Å². The zero-order chi connectivity index (χ0) is 18.7. The van der Waals surface area contributed by atoms with Crippen molar-refractivity contribution < 1.29 is 14.0 Å². The van der Waals surface area contributed by atoms with Crippen molar-refractivity contribution in [1.82, 2.24) is 10.2 Å². The van der Waals surface area contributed by atoms with E-state index in [-0.39, 0.29) is 17.6 Å². The standard InChI is InChI=1S/C19H28BrFN2O2/c1-3-12-23(13-4-2)19(25)7-5-6-18(24)22-11-10-15-8-9-17(21)16(20)14-15/h8-9,14H,3-7,10-13H2,1-2H3,(H,22,24). The van der Waals surface area contributed by atoms with Gasteiger partial charge in [-0.3, -0.25) is 9.59 Å². The van der Waals surface area contributed by atoms with Crippen molar-refractivity contribution in [3.63, 3.8) is 0 Å². The summed E-state index contributed by atoms with van der Waals surface area (Å²) in [6, 6.07) is 4.84. The Bertz CT molecular complexity index is 560. The minimum atomic E-state index is -0.294. The van der Waals surface area contributed by atoms with Crippen LogP contribution in [0.4, 0.5) is 4.39 Å². The number of rotatable bonds is 11. The molecule has 4 nitrogen and oxygen atoms in total. The first kappa shape index (κ1) is 21.6. The van der Waals surface area contributed by atoms with E-state index in [4.69, 9.17) is 0 Å². The van der Waals surface area contributed by atoms with E-state index in [0.29, 0.717) is 36.7 Å². The molecule has 0 aliphatic carbocycles. The normalized spacial score (nSPS) is 10.6. The predicted molar refractivity (Wildman–Crippen MR) is 102 cm³/mol. The molecule has 0 aliphatic rings. The van der Waals surface area contributed by atoms with Gasteiger partial charge in [-0.05, 0) is 59.3 Å². The first-order valence-corrected chi connectivity index (χ1v) is 9.75. The van der Waals surface area contributed by atoms with Crippen LogP contribution in [0.1, 0.15) is 51.5 Å². The summed E-state index contributed by atoms with van der Waals surface area (Å²) in [7, 11) is 0. The second-order valence-corrected chi connectivity index (χ2v) is 6.94. The van der Waals surface area contributed by atoms with Crippen LogP contribution in [-0.2, 0) is 16.0 Å². The third kappa shape index (κ3) is 8.47. The largest absolute Gasteiger partial charge is 0.356 e. The van der Waals surface area contributed by atoms with Gasteiger partial charge < -0.3 is 10.2 Å². The number of carbonyl (C=O) groups excluding carboxylic acids is 2. The zero-order valence-corrected chi connectivity index (χ0v) is 16.7. The molecule has 0 heterocycles. The summed E-state index contributed by atoms with van der Waals surface area (Å²) in [4.78, 5) is 25.9. The van der Waals surface area contributed by atoms with Gasteiger partial charge in [-0.1, -0.05) is 19.9 Å². The minimum absolute atomic E-state index is 0.0495. The van der Waals surface area contributed by atoms with Crippen molar-refractivity contribution in [1.29, 1.82) is 0 Å². The summed E-state index contributed by atoms with van der Waals surface area (Å²) in [6.45, 7) is 6.19. The molecule has 0 atom stereocenters. The number of benzene rings is 1. The maximum atomic E-state index is 13.2. The quantitative estimate of drug-likeness (QED) is 0.593. The Morgan fingerprint density at radius 3 is 2.44 bits per heavy atom. The van der Waals surface area contributed by atoms with Gasteiger partial charge in [-0.2, -0.15) is 0 Å². The summed E-state index contributed by atoms with van der Waals surface area (Å²) in [5.41, 5.74) is 0.957. The topological polar surface area (TPSA) is 49.4 Å². The molecule has 0 spiro atoms. The lowest BCUT2D eigenvalue weighted by Gasteiger charge is -2.21. The van der Waals surface area contributed by atoms with Gasteiger partial charge >= 0.3 is 0 Å². The molecule has 0 radical (unpaired) electrons. The summed E-state index contributed by atoms with van der Waals surface area (Å²) >= 11 is 3.15. The molecule has 1 aromatic carbocycles. The van der Waals surface area contributed by atoms with Crippen LogP contribution >= 0.6 is 15.9 Å². The molecule has 25 heavy (non-hydrogen) atoms. The summed E-state index contributed by atoms with van der Waals surface area (Å²) in [5.74, 6) is -0.211. The molecule has 6 heteroatoms. The molecule has 140 valence electrons. The molecule has 0 fully saturated rings. The fourth-order valence-electron chi connectivity index (χ4n) is 2.59. The van der Waals surface area contributed by atoms with Gasteiger partial charge in [0.05, 0.1) is 4.47 Å². The average Bonchev–Trinajstić information content (AvgIpc) is 2.57. The van der Waals surface area contributed by atoms with E-state index >= 15 is 0 Å². The lowest BCUT2D eigenvalue weighted by Crippen LogP contribution is -2.32. The smallest absolute Gasteiger partial charge is 0.222 e. The maximum absolute atomic E-state index is 13.2. The molecule has 0 unspecified atom stereocenters. The molecule has 2 amide bonds. The number of hydrogen-bond donors (Lipinski definition) is 1. The molecule has 1 rings (SSSR count). The van der Waals surface area contributed by atoms with Crippen molar-refractivity contribution in [3.8, 4) is 0 Å². The highest BCUT2D eigenvalue weighted by molar-refractivity contribution is 9.10. The molecule has 1 aromatic rings. The minimum Gasteiger partial charge on any atom is -0.356 e. The number of halogens is 2. The molecule has 0 saturated heterocycles. The van der Waals surface area contributed by atoms with E-state index in [1.54, 1.807) is 12.1 Å². The van der Waals surface area contributed by atoms with Crippen LogP contribution in [0.15, 0.2) is 22.7 Å². The SMILES string of the molecule is CCCN(CCC)C(=O)CCCC(=O)NCCc1ccc(F)c(Br)c1. The van der Waals surface area contributed by atoms with Crippen LogP contribution in [0.25, 0.3) is 0 Å². The highest BCUT2D eigenvalue weighted by atomic mass is 79.9. The summed E-state index contributed by atoms with van der Waals surface area (Å²) < 4.78 is 13.6. The fourth-order valence-corrected chi connectivity index (χ4v) is 3.02. The van der Waals surface area contributed by atoms with Gasteiger partial charge in [0.15, 0.2) is 0 Å². The van der Waals surface area contributed by atoms with Gasteiger partial charge in [0.2, 0.25) is 11.8 Å². The second kappa shape index (κ2) is 12.0. The van der Waals surface area contributed by atoms with E-state index < -0.39 is 0 Å². The van der Waals surface area contributed by atoms with Crippen LogP contribution in [0.5, 0.6) is 0 Å².